The van der Waals surface area contributed by atoms with Crippen molar-refractivity contribution in [3.63, 3.8) is 0 Å². The number of ether oxygens (including phenoxy) is 1. The Morgan fingerprint density at radius 1 is 1.26 bits per heavy atom. The van der Waals surface area contributed by atoms with Crippen LogP contribution in [0.4, 0.5) is 0 Å². The summed E-state index contributed by atoms with van der Waals surface area (Å²) in [6.07, 6.45) is 4.62. The Labute approximate surface area is 112 Å². The van der Waals surface area contributed by atoms with Gasteiger partial charge in [0.2, 0.25) is 0 Å². The van der Waals surface area contributed by atoms with Gasteiger partial charge in [0.05, 0.1) is 11.6 Å². The van der Waals surface area contributed by atoms with Gasteiger partial charge in [-0.25, -0.2) is 0 Å². The summed E-state index contributed by atoms with van der Waals surface area (Å²) in [5, 5.41) is 1.01. The molecule has 1 saturated carbocycles. The molecule has 0 radical (unpaired) electrons. The summed E-state index contributed by atoms with van der Waals surface area (Å²) in [6, 6.07) is 9.73. The molecular weight excluding hydrogens is 238 g/mol. The molecule has 0 bridgehead atoms. The number of rotatable bonds is 3. The predicted octanol–water partition coefficient (Wildman–Crippen LogP) is 3.33. The predicted molar refractivity (Wildman–Crippen MR) is 74.5 cm³/mol. The number of methoxy groups -OCH3 is 1. The molecule has 0 aliphatic heterocycles. The van der Waals surface area contributed by atoms with Gasteiger partial charge in [0, 0.05) is 29.7 Å². The van der Waals surface area contributed by atoms with Crippen LogP contribution in [0.1, 0.15) is 41.2 Å². The van der Waals surface area contributed by atoms with Crippen molar-refractivity contribution >= 4 is 17.2 Å². The monoisotopic (exact) mass is 255 g/mol. The molecule has 0 N–H and O–H groups in total. The van der Waals surface area contributed by atoms with E-state index in [1.54, 1.807) is 7.11 Å². The highest BCUT2D eigenvalue weighted by Gasteiger charge is 2.29. The first-order chi connectivity index (χ1) is 9.31. The highest BCUT2D eigenvalue weighted by molar-refractivity contribution is 5.86. The number of aromatic nitrogens is 1. The minimum atomic E-state index is 0.291. The van der Waals surface area contributed by atoms with Crippen LogP contribution in [0.2, 0.25) is 0 Å². The maximum atomic E-state index is 10.8. The van der Waals surface area contributed by atoms with Crippen LogP contribution in [-0.2, 0) is 4.74 Å². The van der Waals surface area contributed by atoms with Crippen molar-refractivity contribution in [2.45, 2.75) is 31.3 Å². The second-order valence-corrected chi connectivity index (χ2v) is 5.12. The molecule has 19 heavy (non-hydrogen) atoms. The third kappa shape index (κ3) is 2.26. The lowest BCUT2D eigenvalue weighted by atomic mass is 9.99. The van der Waals surface area contributed by atoms with Crippen LogP contribution in [-0.4, -0.2) is 24.5 Å². The summed E-state index contributed by atoms with van der Waals surface area (Å²) in [5.41, 5.74) is 2.75. The molecule has 0 spiro atoms. The number of hydrogen-bond acceptors (Lipinski definition) is 3. The van der Waals surface area contributed by atoms with Gasteiger partial charge < -0.3 is 4.74 Å². The zero-order valence-electron chi connectivity index (χ0n) is 11.0. The van der Waals surface area contributed by atoms with E-state index in [2.05, 4.69) is 12.1 Å². The largest absolute Gasteiger partial charge is 0.381 e. The number of benzene rings is 1. The Bertz CT molecular complexity index is 609. The van der Waals surface area contributed by atoms with Crippen molar-refractivity contribution in [3.8, 4) is 0 Å². The lowest BCUT2D eigenvalue weighted by Crippen LogP contribution is -2.15. The Hall–Kier alpha value is -1.74. The van der Waals surface area contributed by atoms with Crippen LogP contribution in [0.25, 0.3) is 10.9 Å². The summed E-state index contributed by atoms with van der Waals surface area (Å²) >= 11 is 0. The number of nitrogens with zero attached hydrogens (tertiary/aromatic N) is 1. The second-order valence-electron chi connectivity index (χ2n) is 5.12. The molecule has 1 aromatic carbocycles. The van der Waals surface area contributed by atoms with Crippen molar-refractivity contribution in [2.24, 2.45) is 0 Å². The highest BCUT2D eigenvalue weighted by Crippen LogP contribution is 2.35. The van der Waals surface area contributed by atoms with E-state index in [0.717, 1.165) is 35.7 Å². The van der Waals surface area contributed by atoms with Crippen LogP contribution in [0, 0.1) is 0 Å². The number of pyridine rings is 1. The van der Waals surface area contributed by atoms with E-state index in [0.29, 0.717) is 17.6 Å². The van der Waals surface area contributed by atoms with Crippen molar-refractivity contribution in [1.82, 2.24) is 4.98 Å². The topological polar surface area (TPSA) is 39.2 Å². The van der Waals surface area contributed by atoms with Crippen LogP contribution in [0.3, 0.4) is 0 Å². The first kappa shape index (κ1) is 12.3. The zero-order valence-corrected chi connectivity index (χ0v) is 11.0. The molecule has 1 heterocycles. The molecule has 3 rings (SSSR count). The minimum Gasteiger partial charge on any atom is -0.381 e. The maximum Gasteiger partial charge on any atom is 0.150 e. The molecule has 0 amide bonds. The summed E-state index contributed by atoms with van der Waals surface area (Å²) in [4.78, 5) is 15.5. The van der Waals surface area contributed by atoms with Crippen LogP contribution >= 0.6 is 0 Å². The van der Waals surface area contributed by atoms with Gasteiger partial charge in [-0.1, -0.05) is 12.5 Å². The Morgan fingerprint density at radius 2 is 2.16 bits per heavy atom. The Morgan fingerprint density at radius 3 is 2.95 bits per heavy atom. The van der Waals surface area contributed by atoms with E-state index in [1.165, 1.54) is 6.42 Å². The van der Waals surface area contributed by atoms with Gasteiger partial charge in [-0.15, -0.1) is 0 Å². The molecule has 1 aliphatic rings. The van der Waals surface area contributed by atoms with Crippen LogP contribution in [0.15, 0.2) is 30.3 Å². The van der Waals surface area contributed by atoms with Gasteiger partial charge in [0.25, 0.3) is 0 Å². The molecule has 1 aliphatic carbocycles. The first-order valence-electron chi connectivity index (χ1n) is 6.70. The highest BCUT2D eigenvalue weighted by atomic mass is 16.5. The lowest BCUT2D eigenvalue weighted by Gasteiger charge is -2.17. The molecule has 0 unspecified atom stereocenters. The van der Waals surface area contributed by atoms with Gasteiger partial charge in [-0.05, 0) is 37.1 Å². The lowest BCUT2D eigenvalue weighted by molar-refractivity contribution is 0.0936. The van der Waals surface area contributed by atoms with Crippen molar-refractivity contribution in [1.29, 1.82) is 0 Å². The van der Waals surface area contributed by atoms with Crippen molar-refractivity contribution in [3.05, 3.63) is 41.6 Å². The molecule has 3 nitrogen and oxygen atoms in total. The smallest absolute Gasteiger partial charge is 0.150 e. The fourth-order valence-electron chi connectivity index (χ4n) is 2.99. The van der Waals surface area contributed by atoms with Crippen LogP contribution in [0.5, 0.6) is 0 Å². The van der Waals surface area contributed by atoms with Crippen molar-refractivity contribution in [2.75, 3.05) is 7.11 Å². The summed E-state index contributed by atoms with van der Waals surface area (Å²) in [6.45, 7) is 0. The van der Waals surface area contributed by atoms with E-state index < -0.39 is 0 Å². The quantitative estimate of drug-likeness (QED) is 0.790. The van der Waals surface area contributed by atoms with Crippen LogP contribution < -0.4 is 0 Å². The third-order valence-electron chi connectivity index (χ3n) is 4.01. The van der Waals surface area contributed by atoms with Gasteiger partial charge in [0.15, 0.2) is 0 Å². The Balaban J connectivity index is 1.99. The molecular formula is C16H17NO2. The molecule has 0 saturated heterocycles. The standard InChI is InChI=1S/C16H17NO2/c1-19-16-4-2-3-13(16)15-8-6-12-9-11(10-18)5-7-14(12)17-15/h5-10,13,16H,2-4H2,1H3/t13-,16+/m0/s1. The fourth-order valence-corrected chi connectivity index (χ4v) is 2.99. The van der Waals surface area contributed by atoms with Gasteiger partial charge in [0.1, 0.15) is 6.29 Å². The van der Waals surface area contributed by atoms with E-state index in [4.69, 9.17) is 9.72 Å². The Kier molecular flexibility index (Phi) is 3.30. The first-order valence-corrected chi connectivity index (χ1v) is 6.70. The molecule has 2 atom stereocenters. The number of aldehydes is 1. The number of carbonyl (C=O) groups excluding carboxylic acids is 1. The number of hydrogen-bond donors (Lipinski definition) is 0. The molecule has 1 fully saturated rings. The molecule has 98 valence electrons. The molecule has 3 heteroatoms. The SMILES string of the molecule is CO[C@@H]1CCC[C@H]1c1ccc2cc(C=O)ccc2n1. The average Bonchev–Trinajstić information content (AvgIpc) is 2.94. The number of carbonyl (C=O) groups is 1. The zero-order chi connectivity index (χ0) is 13.2. The van der Waals surface area contributed by atoms with E-state index in [-0.39, 0.29) is 0 Å². The summed E-state index contributed by atoms with van der Waals surface area (Å²) < 4.78 is 5.54. The van der Waals surface area contributed by atoms with Gasteiger partial charge in [-0.2, -0.15) is 0 Å². The van der Waals surface area contributed by atoms with E-state index in [9.17, 15) is 4.79 Å². The van der Waals surface area contributed by atoms with Crippen molar-refractivity contribution < 1.29 is 9.53 Å². The second kappa shape index (κ2) is 5.10. The molecule has 2 aromatic rings. The molecule has 1 aromatic heterocycles. The van der Waals surface area contributed by atoms with Gasteiger partial charge >= 0.3 is 0 Å². The minimum absolute atomic E-state index is 0.291. The number of fused-ring (bicyclic) bond motifs is 1. The average molecular weight is 255 g/mol. The summed E-state index contributed by atoms with van der Waals surface area (Å²) in [5.74, 6) is 0.403. The maximum absolute atomic E-state index is 10.8. The van der Waals surface area contributed by atoms with E-state index >= 15 is 0 Å². The van der Waals surface area contributed by atoms with Gasteiger partial charge in [-0.3, -0.25) is 9.78 Å². The fraction of sp³-hybridized carbons (Fsp3) is 0.375. The third-order valence-corrected chi connectivity index (χ3v) is 4.01. The van der Waals surface area contributed by atoms with E-state index in [1.807, 2.05) is 18.2 Å². The normalized spacial score (nSPS) is 22.8. The summed E-state index contributed by atoms with van der Waals surface area (Å²) in [7, 11) is 1.78.